The van der Waals surface area contributed by atoms with Crippen LogP contribution in [0.1, 0.15) is 52.6 Å². The fraction of sp³-hybridized carbons (Fsp3) is 0.367. The van der Waals surface area contributed by atoms with Crippen molar-refractivity contribution in [3.8, 4) is 11.5 Å². The first-order valence-corrected chi connectivity index (χ1v) is 12.8. The number of phenolic OH excluding ortho intramolecular Hbond substituents is 1. The number of ether oxygens (including phenoxy) is 1. The second kappa shape index (κ2) is 7.58. The number of benzene rings is 2. The quantitative estimate of drug-likeness (QED) is 0.481. The Morgan fingerprint density at radius 3 is 2.89 bits per heavy atom. The van der Waals surface area contributed by atoms with E-state index < -0.39 is 17.1 Å². The highest BCUT2D eigenvalue weighted by molar-refractivity contribution is 5.93. The fourth-order valence-corrected chi connectivity index (χ4v) is 7.42. The average molecular weight is 483 g/mol. The highest BCUT2D eigenvalue weighted by Gasteiger charge is 2.72. The number of aliphatic hydroxyl groups is 1. The van der Waals surface area contributed by atoms with Crippen molar-refractivity contribution in [3.05, 3.63) is 88.2 Å². The number of aromatic nitrogens is 1. The smallest absolute Gasteiger partial charge is 0.166 e. The van der Waals surface area contributed by atoms with Crippen molar-refractivity contribution in [2.75, 3.05) is 13.6 Å². The van der Waals surface area contributed by atoms with Gasteiger partial charge >= 0.3 is 0 Å². The summed E-state index contributed by atoms with van der Waals surface area (Å²) in [6.45, 7) is 0.861. The zero-order valence-corrected chi connectivity index (χ0v) is 20.3. The number of likely N-dealkylation sites (N-methyl/N-ethyl adjacent to an activating group) is 1. The molecule has 0 saturated carbocycles. The molecule has 3 aromatic rings. The normalized spacial score (nSPS) is 29.6. The third-order valence-electron chi connectivity index (χ3n) is 9.11. The van der Waals surface area contributed by atoms with E-state index in [2.05, 4.69) is 16.9 Å². The number of allylic oxidation sites excluding steroid dienone is 1. The molecule has 2 aliphatic carbocycles. The number of likely N-dealkylation sites (tertiary alicyclic amines) is 1. The lowest BCUT2D eigenvalue weighted by molar-refractivity contribution is -0.167. The van der Waals surface area contributed by atoms with Crippen LogP contribution in [0.3, 0.4) is 0 Å². The first kappa shape index (κ1) is 21.9. The summed E-state index contributed by atoms with van der Waals surface area (Å²) < 4.78 is 6.51. The number of H-pyrrole nitrogens is 1. The zero-order chi connectivity index (χ0) is 24.7. The molecule has 6 heteroatoms. The summed E-state index contributed by atoms with van der Waals surface area (Å²) in [6.07, 6.45) is 6.25. The maximum absolute atomic E-state index is 12.5. The van der Waals surface area contributed by atoms with Crippen LogP contribution in [0.2, 0.25) is 0 Å². The van der Waals surface area contributed by atoms with Gasteiger partial charge in [0.2, 0.25) is 0 Å². The summed E-state index contributed by atoms with van der Waals surface area (Å²) >= 11 is 0. The van der Waals surface area contributed by atoms with Gasteiger partial charge in [-0.2, -0.15) is 0 Å². The number of rotatable bonds is 5. The molecule has 1 fully saturated rings. The Balaban J connectivity index is 1.23. The van der Waals surface area contributed by atoms with Crippen molar-refractivity contribution in [2.45, 2.75) is 55.3 Å². The fourth-order valence-electron chi connectivity index (χ4n) is 7.42. The molecular weight excluding hydrogens is 452 g/mol. The van der Waals surface area contributed by atoms with Gasteiger partial charge < -0.3 is 24.8 Å². The third-order valence-corrected chi connectivity index (χ3v) is 9.11. The number of carbonyl (C=O) groups excluding carboxylic acids is 1. The second-order valence-electron chi connectivity index (χ2n) is 10.9. The third kappa shape index (κ3) is 2.83. The lowest BCUT2D eigenvalue weighted by Crippen LogP contribution is -2.73. The Bertz CT molecular complexity index is 1410. The second-order valence-corrected chi connectivity index (χ2v) is 10.9. The maximum atomic E-state index is 12.5. The number of fused-ring (bicyclic) bond motifs is 2. The molecule has 4 aliphatic rings. The van der Waals surface area contributed by atoms with Crippen LogP contribution in [0, 0.1) is 0 Å². The van der Waals surface area contributed by atoms with E-state index in [0.29, 0.717) is 18.6 Å². The van der Waals surface area contributed by atoms with E-state index in [1.54, 1.807) is 12.1 Å². The molecule has 0 amide bonds. The van der Waals surface area contributed by atoms with E-state index in [4.69, 9.17) is 4.74 Å². The van der Waals surface area contributed by atoms with Crippen LogP contribution in [-0.2, 0) is 29.5 Å². The molecule has 1 aromatic heterocycles. The van der Waals surface area contributed by atoms with Gasteiger partial charge in [-0.1, -0.05) is 36.4 Å². The van der Waals surface area contributed by atoms with Gasteiger partial charge in [0.1, 0.15) is 0 Å². The van der Waals surface area contributed by atoms with Crippen molar-refractivity contribution in [2.24, 2.45) is 0 Å². The number of nitrogens with zero attached hydrogens (tertiary/aromatic N) is 1. The van der Waals surface area contributed by atoms with Crippen molar-refractivity contribution in [1.82, 2.24) is 9.88 Å². The van der Waals surface area contributed by atoms with Gasteiger partial charge in [0, 0.05) is 30.1 Å². The van der Waals surface area contributed by atoms with Gasteiger partial charge in [-0.05, 0) is 73.8 Å². The summed E-state index contributed by atoms with van der Waals surface area (Å²) in [5.41, 5.74) is 4.50. The minimum absolute atomic E-state index is 0.0260. The molecule has 7 rings (SSSR count). The minimum Gasteiger partial charge on any atom is -0.504 e. The Morgan fingerprint density at radius 1 is 1.22 bits per heavy atom. The van der Waals surface area contributed by atoms with Gasteiger partial charge in [0.15, 0.2) is 23.4 Å². The highest BCUT2D eigenvalue weighted by Crippen LogP contribution is 2.68. The van der Waals surface area contributed by atoms with Crippen LogP contribution in [0.4, 0.5) is 0 Å². The van der Waals surface area contributed by atoms with E-state index in [1.165, 1.54) is 0 Å². The number of piperidine rings is 1. The summed E-state index contributed by atoms with van der Waals surface area (Å²) in [5.74, 6) is 0.734. The Hall–Kier alpha value is -3.35. The molecular formula is C30H30N2O4. The van der Waals surface area contributed by atoms with Crippen LogP contribution in [-0.4, -0.2) is 51.1 Å². The highest BCUT2D eigenvalue weighted by atomic mass is 16.5. The van der Waals surface area contributed by atoms with Crippen molar-refractivity contribution in [1.29, 1.82) is 0 Å². The number of carbonyl (C=O) groups is 1. The summed E-state index contributed by atoms with van der Waals surface area (Å²) in [7, 11) is 2.09. The van der Waals surface area contributed by atoms with E-state index in [0.717, 1.165) is 59.4 Å². The lowest BCUT2D eigenvalue weighted by atomic mass is 9.49. The Labute approximate surface area is 210 Å². The maximum Gasteiger partial charge on any atom is 0.166 e. The van der Waals surface area contributed by atoms with Crippen LogP contribution in [0.25, 0.3) is 6.08 Å². The molecule has 0 radical (unpaired) electrons. The summed E-state index contributed by atoms with van der Waals surface area (Å²) in [5, 5.41) is 23.1. The number of phenols is 1. The molecule has 2 aromatic carbocycles. The summed E-state index contributed by atoms with van der Waals surface area (Å²) in [4.78, 5) is 18.3. The predicted octanol–water partition coefficient (Wildman–Crippen LogP) is 3.85. The number of aromatic amines is 1. The van der Waals surface area contributed by atoms with Gasteiger partial charge in [0.05, 0.1) is 16.7 Å². The van der Waals surface area contributed by atoms with Crippen LogP contribution in [0.5, 0.6) is 11.5 Å². The van der Waals surface area contributed by atoms with Crippen LogP contribution >= 0.6 is 0 Å². The number of aromatic hydroxyl groups is 1. The minimum atomic E-state index is -1.00. The molecule has 36 heavy (non-hydrogen) atoms. The van der Waals surface area contributed by atoms with Gasteiger partial charge in [-0.15, -0.1) is 0 Å². The lowest BCUT2D eigenvalue weighted by Gasteiger charge is -2.62. The number of ketones is 1. The van der Waals surface area contributed by atoms with Crippen LogP contribution < -0.4 is 4.74 Å². The molecule has 2 aliphatic heterocycles. The first-order valence-electron chi connectivity index (χ1n) is 12.8. The van der Waals surface area contributed by atoms with Crippen LogP contribution in [0.15, 0.2) is 54.6 Å². The molecule has 2 bridgehead atoms. The molecule has 1 saturated heterocycles. The average Bonchev–Trinajstić information content (AvgIpc) is 3.44. The largest absolute Gasteiger partial charge is 0.504 e. The molecule has 3 heterocycles. The van der Waals surface area contributed by atoms with Crippen molar-refractivity contribution in [3.63, 3.8) is 0 Å². The molecule has 4 atom stereocenters. The molecule has 184 valence electrons. The standard InChI is InChI=1S/C30H30N2O4/c1-32-14-13-29-25-19-8-12-23(34)27(25)36-28(29)26-20(17-30(29,35)24(32)16-19)15-21(31-26)9-11-22(33)10-7-18-5-3-2-4-6-18/h2-6,8-9,11-12,15,24,28,31,34-35H,7,10,13-14,16-17H2,1H3/b11-9+/t24-,28+,29+,30-/m1/s1. The first-order chi connectivity index (χ1) is 17.4. The van der Waals surface area contributed by atoms with E-state index in [9.17, 15) is 15.0 Å². The number of aryl methyl sites for hydroxylation is 1. The Kier molecular flexibility index (Phi) is 4.61. The van der Waals surface area contributed by atoms with Gasteiger partial charge in [0.25, 0.3) is 0 Å². The Morgan fingerprint density at radius 2 is 2.06 bits per heavy atom. The van der Waals surface area contributed by atoms with E-state index >= 15 is 0 Å². The number of hydrogen-bond donors (Lipinski definition) is 3. The SMILES string of the molecule is CN1CC[C@]23c4c5ccc(O)c4O[C@H]2c2[nH]c(/C=C/C(=O)CCc4ccccc4)cc2C[C@@]3(O)[C@H]1C5. The number of hydrogen-bond acceptors (Lipinski definition) is 5. The molecule has 0 unspecified atom stereocenters. The van der Waals surface area contributed by atoms with E-state index in [1.807, 2.05) is 48.5 Å². The molecule has 6 nitrogen and oxygen atoms in total. The molecule has 1 spiro atoms. The summed E-state index contributed by atoms with van der Waals surface area (Å²) in [6, 6.07) is 15.8. The van der Waals surface area contributed by atoms with Gasteiger partial charge in [-0.25, -0.2) is 0 Å². The topological polar surface area (TPSA) is 85.8 Å². The van der Waals surface area contributed by atoms with E-state index in [-0.39, 0.29) is 17.6 Å². The number of nitrogens with one attached hydrogen (secondary N) is 1. The predicted molar refractivity (Wildman–Crippen MR) is 136 cm³/mol. The zero-order valence-electron chi connectivity index (χ0n) is 20.3. The van der Waals surface area contributed by atoms with Gasteiger partial charge in [-0.3, -0.25) is 4.79 Å². The van der Waals surface area contributed by atoms with Crippen molar-refractivity contribution < 1.29 is 19.7 Å². The monoisotopic (exact) mass is 482 g/mol. The molecule has 3 N–H and O–H groups in total. The van der Waals surface area contributed by atoms with Crippen molar-refractivity contribution >= 4 is 11.9 Å².